The maximum Gasteiger partial charge on any atom is 0.242 e. The van der Waals surface area contributed by atoms with Crippen LogP contribution in [0.15, 0.2) is 12.7 Å². The molecular weight excluding hydrogens is 254 g/mol. The fourth-order valence-corrected chi connectivity index (χ4v) is 2.22. The summed E-state index contributed by atoms with van der Waals surface area (Å²) in [6, 6.07) is 0. The molecular formula is C10H13N5O4. The maximum absolute atomic E-state index is 10.0. The second-order valence-electron chi connectivity index (χ2n) is 4.31. The van der Waals surface area contributed by atoms with E-state index in [9.17, 15) is 10.2 Å². The smallest absolute Gasteiger partial charge is 0.242 e. The van der Waals surface area contributed by atoms with Gasteiger partial charge in [-0.15, -0.1) is 0 Å². The Morgan fingerprint density at radius 1 is 1.47 bits per heavy atom. The van der Waals surface area contributed by atoms with Crippen LogP contribution in [0, 0.1) is 0 Å². The summed E-state index contributed by atoms with van der Waals surface area (Å²) in [4.78, 5) is 16.2. The number of imidazole rings is 1. The molecule has 0 bridgehead atoms. The number of fused-ring (bicyclic) bond motifs is 1. The topological polar surface area (TPSA) is 129 Å². The Hall–Kier alpha value is -1.81. The molecule has 102 valence electrons. The summed E-state index contributed by atoms with van der Waals surface area (Å²) in [5.41, 5.74) is 0.655. The van der Waals surface area contributed by atoms with Gasteiger partial charge in [-0.25, -0.2) is 15.9 Å². The molecule has 2 aromatic rings. The van der Waals surface area contributed by atoms with E-state index in [1.165, 1.54) is 12.7 Å². The van der Waals surface area contributed by atoms with Crippen molar-refractivity contribution in [2.45, 2.75) is 24.9 Å². The number of aliphatic hydroxyl groups is 1. The number of rotatable bonds is 3. The number of hydrogen-bond acceptors (Lipinski definition) is 8. The predicted molar refractivity (Wildman–Crippen MR) is 61.7 cm³/mol. The van der Waals surface area contributed by atoms with Crippen molar-refractivity contribution in [1.29, 1.82) is 0 Å². The minimum atomic E-state index is -0.727. The minimum Gasteiger partial charge on any atom is -0.492 e. The Bertz CT molecular complexity index is 588. The summed E-state index contributed by atoms with van der Waals surface area (Å²) in [6.07, 6.45) is 1.40. The summed E-state index contributed by atoms with van der Waals surface area (Å²) in [5, 5.41) is 19.6. The van der Waals surface area contributed by atoms with Crippen LogP contribution in [0.3, 0.4) is 0 Å². The molecule has 0 aliphatic carbocycles. The maximum atomic E-state index is 10.0. The molecule has 9 nitrogen and oxygen atoms in total. The van der Waals surface area contributed by atoms with Crippen molar-refractivity contribution in [1.82, 2.24) is 19.5 Å². The van der Waals surface area contributed by atoms with E-state index in [1.54, 1.807) is 4.57 Å². The van der Waals surface area contributed by atoms with E-state index < -0.39 is 12.3 Å². The lowest BCUT2D eigenvalue weighted by atomic mass is 10.2. The third kappa shape index (κ3) is 2.02. The highest BCUT2D eigenvalue weighted by atomic mass is 16.6. The Balaban J connectivity index is 1.94. The van der Waals surface area contributed by atoms with Crippen molar-refractivity contribution in [3.63, 3.8) is 0 Å². The zero-order valence-corrected chi connectivity index (χ0v) is 9.88. The fourth-order valence-electron chi connectivity index (χ4n) is 2.22. The van der Waals surface area contributed by atoms with Gasteiger partial charge in [0.05, 0.1) is 19.0 Å². The molecule has 0 saturated carbocycles. The van der Waals surface area contributed by atoms with Gasteiger partial charge >= 0.3 is 0 Å². The van der Waals surface area contributed by atoms with Gasteiger partial charge in [0.15, 0.2) is 17.4 Å². The van der Waals surface area contributed by atoms with Crippen LogP contribution >= 0.6 is 0 Å². The van der Waals surface area contributed by atoms with Crippen LogP contribution in [0.2, 0.25) is 0 Å². The van der Waals surface area contributed by atoms with Crippen LogP contribution in [0.5, 0.6) is 5.88 Å². The van der Waals surface area contributed by atoms with Gasteiger partial charge in [0.2, 0.25) is 5.88 Å². The van der Waals surface area contributed by atoms with Gasteiger partial charge in [0.25, 0.3) is 0 Å². The first-order valence-corrected chi connectivity index (χ1v) is 5.72. The van der Waals surface area contributed by atoms with Crippen molar-refractivity contribution in [3.8, 4) is 5.88 Å². The molecule has 9 heteroatoms. The van der Waals surface area contributed by atoms with Gasteiger partial charge in [-0.3, -0.25) is 4.57 Å². The summed E-state index contributed by atoms with van der Waals surface area (Å²) < 4.78 is 7.19. The van der Waals surface area contributed by atoms with Crippen LogP contribution in [0.1, 0.15) is 12.6 Å². The number of hydrogen-bond donors (Lipinski definition) is 3. The van der Waals surface area contributed by atoms with Gasteiger partial charge in [0.1, 0.15) is 12.4 Å². The quantitative estimate of drug-likeness (QED) is 0.608. The average Bonchev–Trinajstić information content (AvgIpc) is 2.94. The van der Waals surface area contributed by atoms with Gasteiger partial charge in [-0.2, -0.15) is 4.98 Å². The standard InChI is InChI=1S/C10H13N5O4/c11-18-2-5-1-6(16)10(19-5)15-4-14-7-8(15)12-3-13-9(7)17/h3-6,10,16H,1-2,11H2,(H,12,13,17)/t5-,6+,10+/m0/s1. The third-order valence-corrected chi connectivity index (χ3v) is 3.06. The lowest BCUT2D eigenvalue weighted by Crippen LogP contribution is -2.19. The van der Waals surface area contributed by atoms with Crippen LogP contribution in [-0.2, 0) is 9.57 Å². The van der Waals surface area contributed by atoms with E-state index in [-0.39, 0.29) is 24.1 Å². The average molecular weight is 267 g/mol. The normalized spacial score (nSPS) is 27.2. The van der Waals surface area contributed by atoms with Crippen molar-refractivity contribution in [2.24, 2.45) is 5.90 Å². The first-order chi connectivity index (χ1) is 9.20. The van der Waals surface area contributed by atoms with Crippen LogP contribution in [-0.4, -0.2) is 48.5 Å². The van der Waals surface area contributed by atoms with Crippen molar-refractivity contribution < 1.29 is 19.8 Å². The van der Waals surface area contributed by atoms with E-state index in [4.69, 9.17) is 10.6 Å². The summed E-state index contributed by atoms with van der Waals surface area (Å²) in [7, 11) is 0. The number of aromatic nitrogens is 4. The molecule has 1 aliphatic heterocycles. The Kier molecular flexibility index (Phi) is 3.03. The molecule has 1 aliphatic rings. The van der Waals surface area contributed by atoms with Crippen molar-refractivity contribution >= 4 is 11.2 Å². The molecule has 3 rings (SSSR count). The molecule has 0 unspecified atom stereocenters. The zero-order chi connectivity index (χ0) is 13.4. The zero-order valence-electron chi connectivity index (χ0n) is 9.88. The molecule has 1 fully saturated rings. The van der Waals surface area contributed by atoms with Crippen LogP contribution < -0.4 is 5.90 Å². The molecule has 19 heavy (non-hydrogen) atoms. The van der Waals surface area contributed by atoms with Crippen molar-refractivity contribution in [2.75, 3.05) is 6.61 Å². The molecule has 4 N–H and O–H groups in total. The van der Waals surface area contributed by atoms with Gasteiger partial charge < -0.3 is 19.8 Å². The molecule has 1 saturated heterocycles. The molecule has 3 atom stereocenters. The third-order valence-electron chi connectivity index (χ3n) is 3.06. The Morgan fingerprint density at radius 3 is 3.11 bits per heavy atom. The van der Waals surface area contributed by atoms with E-state index in [2.05, 4.69) is 19.8 Å². The summed E-state index contributed by atoms with van der Waals surface area (Å²) in [6.45, 7) is 0.195. The molecule has 2 aromatic heterocycles. The lowest BCUT2D eigenvalue weighted by Gasteiger charge is -2.16. The SMILES string of the molecule is NOC[C@@H]1C[C@@H](O)[C@H](n2cnc3c(O)ncnc32)O1. The van der Waals surface area contributed by atoms with E-state index in [1.807, 2.05) is 0 Å². The number of aromatic hydroxyl groups is 1. The minimum absolute atomic E-state index is 0.195. The van der Waals surface area contributed by atoms with Crippen LogP contribution in [0.4, 0.5) is 0 Å². The van der Waals surface area contributed by atoms with Gasteiger partial charge in [-0.05, 0) is 0 Å². The molecule has 3 heterocycles. The number of aliphatic hydroxyl groups excluding tert-OH is 1. The molecule has 0 amide bonds. The van der Waals surface area contributed by atoms with Gasteiger partial charge in [0, 0.05) is 6.42 Å². The molecule has 0 spiro atoms. The van der Waals surface area contributed by atoms with Crippen molar-refractivity contribution in [3.05, 3.63) is 12.7 Å². The molecule has 0 aromatic carbocycles. The van der Waals surface area contributed by atoms with E-state index in [0.717, 1.165) is 0 Å². The monoisotopic (exact) mass is 267 g/mol. The number of nitrogens with two attached hydrogens (primary N) is 1. The largest absolute Gasteiger partial charge is 0.492 e. The Morgan fingerprint density at radius 2 is 2.32 bits per heavy atom. The second-order valence-corrected chi connectivity index (χ2v) is 4.31. The highest BCUT2D eigenvalue weighted by Crippen LogP contribution is 2.31. The predicted octanol–water partition coefficient (Wildman–Crippen LogP) is -0.929. The van der Waals surface area contributed by atoms with Crippen LogP contribution in [0.25, 0.3) is 11.2 Å². The number of ether oxygens (including phenoxy) is 1. The number of nitrogens with zero attached hydrogens (tertiary/aromatic N) is 4. The lowest BCUT2D eigenvalue weighted by molar-refractivity contribution is -0.0605. The first kappa shape index (κ1) is 12.2. The fraction of sp³-hybridized carbons (Fsp3) is 0.500. The van der Waals surface area contributed by atoms with E-state index in [0.29, 0.717) is 12.1 Å². The van der Waals surface area contributed by atoms with Gasteiger partial charge in [-0.1, -0.05) is 0 Å². The highest BCUT2D eigenvalue weighted by Gasteiger charge is 2.36. The van der Waals surface area contributed by atoms with E-state index >= 15 is 0 Å². The molecule has 0 radical (unpaired) electrons. The summed E-state index contributed by atoms with van der Waals surface area (Å²) in [5.74, 6) is 4.78. The second kappa shape index (κ2) is 4.70. The first-order valence-electron chi connectivity index (χ1n) is 5.72. The Labute approximate surface area is 107 Å². The highest BCUT2D eigenvalue weighted by molar-refractivity contribution is 5.75. The summed E-state index contributed by atoms with van der Waals surface area (Å²) >= 11 is 0.